The van der Waals surface area contributed by atoms with Gasteiger partial charge in [-0.25, -0.2) is 0 Å². The van der Waals surface area contributed by atoms with Crippen LogP contribution < -0.4 is 38.1 Å². The molecule has 1 rings (SSSR count). The van der Waals surface area contributed by atoms with Crippen LogP contribution >= 0.6 is 0 Å². The van der Waals surface area contributed by atoms with E-state index in [2.05, 4.69) is 26.6 Å². The Morgan fingerprint density at radius 2 is 1.02 bits per heavy atom. The van der Waals surface area contributed by atoms with Crippen molar-refractivity contribution in [3.63, 3.8) is 0 Å². The maximum atomic E-state index is 13.1. The number of carbonyl (C=O) groups is 6. The smallest absolute Gasteiger partial charge is 0.222 e. The SMILES string of the molecule is CC(=O)CCCC(=O)NC(COCCC(=O)NCCCN)(COCCC(=O)NCCCN)COCCC(=O)NCCCNC(=O)CCCO[C@@H]1OC(CO)[C@@H](O)C(O)C1O. The number of ketones is 1. The Morgan fingerprint density at radius 1 is 0.567 bits per heavy atom. The summed E-state index contributed by atoms with van der Waals surface area (Å²) in [5.74, 6) is -1.51. The van der Waals surface area contributed by atoms with Crippen molar-refractivity contribution < 1.29 is 72.9 Å². The Kier molecular flexibility index (Phi) is 30.2. The van der Waals surface area contributed by atoms with Gasteiger partial charge in [0.25, 0.3) is 0 Å². The molecule has 1 aliphatic rings. The largest absolute Gasteiger partial charge is 0.394 e. The third-order valence-corrected chi connectivity index (χ3v) is 8.98. The average Bonchev–Trinajstić information content (AvgIpc) is 3.21. The van der Waals surface area contributed by atoms with E-state index < -0.39 is 48.8 Å². The maximum absolute atomic E-state index is 13.1. The molecule has 348 valence electrons. The number of hydrogen-bond acceptors (Lipinski definition) is 17. The number of ether oxygens (including phenoxy) is 5. The van der Waals surface area contributed by atoms with Gasteiger partial charge in [-0.3, -0.25) is 24.0 Å². The highest BCUT2D eigenvalue weighted by Crippen LogP contribution is 2.22. The minimum absolute atomic E-state index is 0.00623. The first-order chi connectivity index (χ1) is 28.8. The van der Waals surface area contributed by atoms with Crippen LogP contribution in [0.3, 0.4) is 0 Å². The first-order valence-electron chi connectivity index (χ1n) is 20.7. The predicted molar refractivity (Wildman–Crippen MR) is 215 cm³/mol. The van der Waals surface area contributed by atoms with Crippen LogP contribution in [-0.4, -0.2) is 184 Å². The van der Waals surface area contributed by atoms with Gasteiger partial charge in [-0.05, 0) is 52.1 Å². The Balaban J connectivity index is 2.62. The number of Topliss-reactive ketones (excluding diaryl/α,β-unsaturated/α-hetero) is 1. The second-order valence-corrected chi connectivity index (χ2v) is 14.5. The normalized spacial score (nSPS) is 19.0. The Bertz CT molecular complexity index is 1220. The lowest BCUT2D eigenvalue weighted by atomic mass is 9.99. The summed E-state index contributed by atoms with van der Waals surface area (Å²) < 4.78 is 28.2. The van der Waals surface area contributed by atoms with Crippen LogP contribution in [0, 0.1) is 0 Å². The number of nitrogens with two attached hydrogens (primary N) is 2. The van der Waals surface area contributed by atoms with Gasteiger partial charge in [-0.2, -0.15) is 0 Å². The molecule has 0 aromatic carbocycles. The van der Waals surface area contributed by atoms with Gasteiger partial charge in [0.15, 0.2) is 6.29 Å². The van der Waals surface area contributed by atoms with E-state index in [4.69, 9.17) is 35.2 Å². The highest BCUT2D eigenvalue weighted by Gasteiger charge is 2.44. The minimum Gasteiger partial charge on any atom is -0.394 e. The molecule has 3 unspecified atom stereocenters. The standard InChI is InChI=1S/C38H71N7O15/c1-27(47)7-2-8-33(52)45-38(24-56-20-10-30(49)41-15-4-13-39,25-57-21-11-31(50)42-16-5-14-40)26-58-22-12-32(51)44-18-6-17-43-29(48)9-3-19-59-37-36(55)35(54)34(53)28(23-46)60-37/h28,34-37,46,53-55H,2-26,39-40H2,1H3,(H,41,49)(H,42,50)(H,43,48)(H,44,51)(H,45,52)/t28?,34-,35?,36?,37-/m1/s1. The first kappa shape index (κ1) is 54.6. The molecular formula is C38H71N7O15. The summed E-state index contributed by atoms with van der Waals surface area (Å²) in [7, 11) is 0. The lowest BCUT2D eigenvalue weighted by molar-refractivity contribution is -0.301. The van der Waals surface area contributed by atoms with Gasteiger partial charge in [0, 0.05) is 64.7 Å². The number of aliphatic hydroxyl groups excluding tert-OH is 4. The number of amides is 5. The molecule has 0 aliphatic carbocycles. The third kappa shape index (κ3) is 25.4. The highest BCUT2D eigenvalue weighted by molar-refractivity contribution is 5.79. The van der Waals surface area contributed by atoms with Crippen LogP contribution in [-0.2, 0) is 52.5 Å². The van der Waals surface area contributed by atoms with Gasteiger partial charge in [0.2, 0.25) is 29.5 Å². The summed E-state index contributed by atoms with van der Waals surface area (Å²) in [6.07, 6.45) is -4.27. The summed E-state index contributed by atoms with van der Waals surface area (Å²) in [6, 6.07) is 0. The summed E-state index contributed by atoms with van der Waals surface area (Å²) >= 11 is 0. The second kappa shape index (κ2) is 33.2. The molecule has 0 bridgehead atoms. The fourth-order valence-corrected chi connectivity index (χ4v) is 5.58. The van der Waals surface area contributed by atoms with Crippen molar-refractivity contribution in [1.29, 1.82) is 0 Å². The van der Waals surface area contributed by atoms with Gasteiger partial charge in [0.05, 0.1) is 52.9 Å². The van der Waals surface area contributed by atoms with Crippen molar-refractivity contribution in [2.45, 2.75) is 114 Å². The molecule has 22 heteroatoms. The minimum atomic E-state index is -1.56. The lowest BCUT2D eigenvalue weighted by Crippen LogP contribution is -2.59. The van der Waals surface area contributed by atoms with Crippen LogP contribution in [0.25, 0.3) is 0 Å². The van der Waals surface area contributed by atoms with Crippen LogP contribution in [0.2, 0.25) is 0 Å². The highest BCUT2D eigenvalue weighted by atomic mass is 16.7. The molecule has 5 amide bonds. The predicted octanol–water partition coefficient (Wildman–Crippen LogP) is -4.03. The summed E-state index contributed by atoms with van der Waals surface area (Å²) in [5.41, 5.74) is 9.68. The van der Waals surface area contributed by atoms with E-state index in [0.29, 0.717) is 51.9 Å². The molecular weight excluding hydrogens is 794 g/mol. The van der Waals surface area contributed by atoms with Crippen molar-refractivity contribution >= 4 is 35.3 Å². The van der Waals surface area contributed by atoms with E-state index >= 15 is 0 Å². The van der Waals surface area contributed by atoms with Crippen molar-refractivity contribution in [2.75, 3.05) is 92.1 Å². The average molecular weight is 866 g/mol. The Labute approximate surface area is 351 Å². The van der Waals surface area contributed by atoms with Crippen molar-refractivity contribution in [3.8, 4) is 0 Å². The molecule has 1 heterocycles. The summed E-state index contributed by atoms with van der Waals surface area (Å²) in [5, 5.41) is 52.9. The topological polar surface area (TPSA) is 342 Å². The molecule has 5 atom stereocenters. The zero-order chi connectivity index (χ0) is 44.6. The number of aliphatic hydroxyl groups is 4. The van der Waals surface area contributed by atoms with E-state index in [9.17, 15) is 49.2 Å². The van der Waals surface area contributed by atoms with Gasteiger partial charge in [-0.15, -0.1) is 0 Å². The molecule has 1 fully saturated rings. The fourth-order valence-electron chi connectivity index (χ4n) is 5.58. The molecule has 13 N–H and O–H groups in total. The summed E-state index contributed by atoms with van der Waals surface area (Å²) in [6.45, 7) is 2.72. The molecule has 0 radical (unpaired) electrons. The van der Waals surface area contributed by atoms with Crippen LogP contribution in [0.5, 0.6) is 0 Å². The molecule has 0 aromatic heterocycles. The van der Waals surface area contributed by atoms with E-state index in [1.165, 1.54) is 6.92 Å². The van der Waals surface area contributed by atoms with Crippen LogP contribution in [0.1, 0.15) is 77.6 Å². The Hall–Kier alpha value is -3.42. The maximum Gasteiger partial charge on any atom is 0.222 e. The zero-order valence-electron chi connectivity index (χ0n) is 35.0. The Morgan fingerprint density at radius 3 is 1.47 bits per heavy atom. The molecule has 0 spiro atoms. The number of rotatable bonds is 36. The molecule has 1 saturated heterocycles. The molecule has 60 heavy (non-hydrogen) atoms. The second-order valence-electron chi connectivity index (χ2n) is 14.5. The van der Waals surface area contributed by atoms with Gasteiger partial charge >= 0.3 is 0 Å². The number of nitrogens with one attached hydrogen (secondary N) is 5. The monoisotopic (exact) mass is 866 g/mol. The van der Waals surface area contributed by atoms with Crippen molar-refractivity contribution in [1.82, 2.24) is 26.6 Å². The van der Waals surface area contributed by atoms with E-state index in [1.54, 1.807) is 0 Å². The fraction of sp³-hybridized carbons (Fsp3) is 0.842. The lowest BCUT2D eigenvalue weighted by Gasteiger charge is -2.39. The van der Waals surface area contributed by atoms with Crippen molar-refractivity contribution in [3.05, 3.63) is 0 Å². The first-order valence-corrected chi connectivity index (χ1v) is 20.7. The number of hydrogen-bond donors (Lipinski definition) is 11. The molecule has 22 nitrogen and oxygen atoms in total. The molecule has 0 aromatic rings. The summed E-state index contributed by atoms with van der Waals surface area (Å²) in [4.78, 5) is 73.7. The van der Waals surface area contributed by atoms with Crippen LogP contribution in [0.4, 0.5) is 0 Å². The van der Waals surface area contributed by atoms with E-state index in [0.717, 1.165) is 0 Å². The zero-order valence-corrected chi connectivity index (χ0v) is 35.0. The van der Waals surface area contributed by atoms with Crippen molar-refractivity contribution in [2.24, 2.45) is 11.5 Å². The van der Waals surface area contributed by atoms with E-state index in [-0.39, 0.29) is 134 Å². The van der Waals surface area contributed by atoms with Gasteiger partial charge < -0.3 is 87.0 Å². The quantitative estimate of drug-likeness (QED) is 0.0267. The molecule has 1 aliphatic heterocycles. The van der Waals surface area contributed by atoms with Gasteiger partial charge in [-0.1, -0.05) is 0 Å². The van der Waals surface area contributed by atoms with Crippen LogP contribution in [0.15, 0.2) is 0 Å². The van der Waals surface area contributed by atoms with E-state index in [1.807, 2.05) is 0 Å². The number of carbonyl (C=O) groups excluding carboxylic acids is 6. The molecule has 0 saturated carbocycles. The van der Waals surface area contributed by atoms with Gasteiger partial charge in [0.1, 0.15) is 35.7 Å². The third-order valence-electron chi connectivity index (χ3n) is 8.98.